The fraction of sp³-hybridized carbons (Fsp3) is 0.364. The van der Waals surface area contributed by atoms with E-state index in [4.69, 9.17) is 4.74 Å². The van der Waals surface area contributed by atoms with Gasteiger partial charge in [0, 0.05) is 22.6 Å². The van der Waals surface area contributed by atoms with E-state index < -0.39 is 0 Å². The lowest BCUT2D eigenvalue weighted by Crippen LogP contribution is -2.43. The van der Waals surface area contributed by atoms with Gasteiger partial charge in [0.1, 0.15) is 5.75 Å². The van der Waals surface area contributed by atoms with Gasteiger partial charge in [-0.25, -0.2) is 0 Å². The van der Waals surface area contributed by atoms with Crippen LogP contribution in [0.2, 0.25) is 0 Å². The van der Waals surface area contributed by atoms with Crippen molar-refractivity contribution in [3.05, 3.63) is 65.4 Å². The van der Waals surface area contributed by atoms with Crippen molar-refractivity contribution in [2.24, 2.45) is 11.8 Å². The third-order valence-corrected chi connectivity index (χ3v) is 6.17. The molecule has 3 unspecified atom stereocenters. The van der Waals surface area contributed by atoms with E-state index >= 15 is 0 Å². The van der Waals surface area contributed by atoms with Crippen LogP contribution in [0.25, 0.3) is 10.9 Å². The Labute approximate surface area is 148 Å². The van der Waals surface area contributed by atoms with Gasteiger partial charge in [0.05, 0.1) is 7.11 Å². The molecule has 5 rings (SSSR count). The third kappa shape index (κ3) is 2.46. The Kier molecular flexibility index (Phi) is 3.56. The Bertz CT molecular complexity index is 913. The summed E-state index contributed by atoms with van der Waals surface area (Å²) in [5.41, 5.74) is 5.65. The summed E-state index contributed by atoms with van der Waals surface area (Å²) in [5.74, 6) is 2.34. The van der Waals surface area contributed by atoms with Gasteiger partial charge in [-0.2, -0.15) is 0 Å². The number of methoxy groups -OCH3 is 1. The van der Waals surface area contributed by atoms with E-state index in [0.717, 1.165) is 24.6 Å². The monoisotopic (exact) mass is 332 g/mol. The molecule has 1 aromatic heterocycles. The number of ether oxygens (including phenoxy) is 1. The predicted octanol–water partition coefficient (Wildman–Crippen LogP) is 4.24. The molecule has 3 atom stereocenters. The molecule has 0 saturated carbocycles. The number of hydrogen-bond acceptors (Lipinski definition) is 2. The largest absolute Gasteiger partial charge is 0.497 e. The average Bonchev–Trinajstić information content (AvgIpc) is 3.03. The molecule has 2 aromatic carbocycles. The molecule has 0 amide bonds. The second-order valence-corrected chi connectivity index (χ2v) is 7.46. The first-order chi connectivity index (χ1) is 12.3. The molecule has 1 aliphatic heterocycles. The van der Waals surface area contributed by atoms with Crippen molar-refractivity contribution >= 4 is 10.9 Å². The van der Waals surface area contributed by atoms with Gasteiger partial charge < -0.3 is 15.0 Å². The second kappa shape index (κ2) is 5.92. The first kappa shape index (κ1) is 15.0. The van der Waals surface area contributed by atoms with Crippen molar-refractivity contribution in [1.82, 2.24) is 10.3 Å². The molecule has 2 aliphatic rings. The first-order valence-corrected chi connectivity index (χ1v) is 9.29. The summed E-state index contributed by atoms with van der Waals surface area (Å²) in [6, 6.07) is 17.7. The molecule has 0 bridgehead atoms. The maximum atomic E-state index is 5.45. The quantitative estimate of drug-likeness (QED) is 0.736. The van der Waals surface area contributed by atoms with Crippen molar-refractivity contribution in [3.63, 3.8) is 0 Å². The molecule has 2 N–H and O–H groups in total. The number of H-pyrrole nitrogens is 1. The Morgan fingerprint density at radius 1 is 1.04 bits per heavy atom. The molecule has 1 aliphatic carbocycles. The summed E-state index contributed by atoms with van der Waals surface area (Å²) in [6.45, 7) is 1.10. The van der Waals surface area contributed by atoms with Crippen molar-refractivity contribution < 1.29 is 4.74 Å². The van der Waals surface area contributed by atoms with E-state index in [0.29, 0.717) is 12.0 Å². The van der Waals surface area contributed by atoms with Crippen LogP contribution in [-0.2, 0) is 12.8 Å². The molecule has 25 heavy (non-hydrogen) atoms. The zero-order valence-electron chi connectivity index (χ0n) is 14.6. The number of aromatic nitrogens is 1. The summed E-state index contributed by atoms with van der Waals surface area (Å²) in [5, 5.41) is 5.20. The van der Waals surface area contributed by atoms with Crippen LogP contribution in [0.4, 0.5) is 0 Å². The maximum absolute atomic E-state index is 5.45. The highest BCUT2D eigenvalue weighted by molar-refractivity contribution is 5.85. The number of piperidine rings is 1. The Morgan fingerprint density at radius 2 is 1.96 bits per heavy atom. The number of hydrogen-bond donors (Lipinski definition) is 2. The molecular formula is C22H24N2O. The van der Waals surface area contributed by atoms with Crippen molar-refractivity contribution in [3.8, 4) is 5.75 Å². The average molecular weight is 332 g/mol. The van der Waals surface area contributed by atoms with Crippen LogP contribution in [0.15, 0.2) is 48.5 Å². The Morgan fingerprint density at radius 3 is 2.88 bits per heavy atom. The minimum Gasteiger partial charge on any atom is -0.497 e. The fourth-order valence-corrected chi connectivity index (χ4v) is 4.96. The van der Waals surface area contributed by atoms with Gasteiger partial charge >= 0.3 is 0 Å². The van der Waals surface area contributed by atoms with Crippen LogP contribution < -0.4 is 10.1 Å². The van der Waals surface area contributed by atoms with E-state index in [9.17, 15) is 0 Å². The minimum absolute atomic E-state index is 0.413. The maximum Gasteiger partial charge on any atom is 0.119 e. The number of para-hydroxylation sites is 1. The molecule has 3 nitrogen and oxygen atoms in total. The predicted molar refractivity (Wildman–Crippen MR) is 101 cm³/mol. The second-order valence-electron chi connectivity index (χ2n) is 7.46. The smallest absolute Gasteiger partial charge is 0.119 e. The summed E-state index contributed by atoms with van der Waals surface area (Å²) in [6.07, 6.45) is 3.59. The molecular weight excluding hydrogens is 308 g/mol. The summed E-state index contributed by atoms with van der Waals surface area (Å²) >= 11 is 0. The highest BCUT2D eigenvalue weighted by Gasteiger charge is 2.38. The number of fused-ring (bicyclic) bond motifs is 4. The number of rotatable bonds is 2. The van der Waals surface area contributed by atoms with Crippen LogP contribution in [0.5, 0.6) is 5.75 Å². The number of benzene rings is 2. The lowest BCUT2D eigenvalue weighted by molar-refractivity contribution is 0.174. The lowest BCUT2D eigenvalue weighted by Gasteiger charge is -2.42. The number of aromatic amines is 1. The highest BCUT2D eigenvalue weighted by Crippen LogP contribution is 2.44. The van der Waals surface area contributed by atoms with E-state index in [1.54, 1.807) is 7.11 Å². The molecule has 1 saturated heterocycles. The van der Waals surface area contributed by atoms with Gasteiger partial charge in [0.15, 0.2) is 0 Å². The molecule has 3 aromatic rings. The minimum atomic E-state index is 0.413. The molecule has 3 heteroatoms. The highest BCUT2D eigenvalue weighted by atomic mass is 16.5. The van der Waals surface area contributed by atoms with Gasteiger partial charge in [-0.05, 0) is 67.0 Å². The van der Waals surface area contributed by atoms with Gasteiger partial charge in [0.2, 0.25) is 0 Å². The molecule has 1 fully saturated rings. The molecule has 128 valence electrons. The molecule has 2 heterocycles. The molecule has 0 radical (unpaired) electrons. The standard InChI is InChI=1S/C22H24N2O/c1-25-16-6-4-5-15(11-16)22-18-13-19-17-7-2-3-8-20(17)24-21(19)12-14(18)9-10-23-22/h2-8,11,14,18,22-24H,9-10,12-13H2,1H3. The zero-order valence-corrected chi connectivity index (χ0v) is 14.6. The van der Waals surface area contributed by atoms with E-state index in [1.807, 2.05) is 6.07 Å². The van der Waals surface area contributed by atoms with Gasteiger partial charge in [0.25, 0.3) is 0 Å². The SMILES string of the molecule is COc1cccc(C2NCCC3Cc4[nH]c5ccccc5c4CC32)c1. The topological polar surface area (TPSA) is 37.0 Å². The normalized spacial score (nSPS) is 25.4. The van der Waals surface area contributed by atoms with E-state index in [2.05, 4.69) is 52.8 Å². The van der Waals surface area contributed by atoms with Crippen LogP contribution in [0.3, 0.4) is 0 Å². The van der Waals surface area contributed by atoms with Crippen molar-refractivity contribution in [2.75, 3.05) is 13.7 Å². The Hall–Kier alpha value is -2.26. The Balaban J connectivity index is 1.54. The van der Waals surface area contributed by atoms with Crippen LogP contribution in [-0.4, -0.2) is 18.6 Å². The summed E-state index contributed by atoms with van der Waals surface area (Å²) in [4.78, 5) is 3.68. The van der Waals surface area contributed by atoms with Crippen LogP contribution >= 0.6 is 0 Å². The third-order valence-electron chi connectivity index (χ3n) is 6.17. The van der Waals surface area contributed by atoms with Gasteiger partial charge in [-0.15, -0.1) is 0 Å². The first-order valence-electron chi connectivity index (χ1n) is 9.29. The summed E-state index contributed by atoms with van der Waals surface area (Å²) in [7, 11) is 1.75. The fourth-order valence-electron chi connectivity index (χ4n) is 4.96. The van der Waals surface area contributed by atoms with Crippen LogP contribution in [0, 0.1) is 11.8 Å². The van der Waals surface area contributed by atoms with Crippen molar-refractivity contribution in [1.29, 1.82) is 0 Å². The zero-order chi connectivity index (χ0) is 16.8. The lowest BCUT2D eigenvalue weighted by atomic mass is 9.69. The summed E-state index contributed by atoms with van der Waals surface area (Å²) < 4.78 is 5.45. The van der Waals surface area contributed by atoms with Crippen molar-refractivity contribution in [2.45, 2.75) is 25.3 Å². The van der Waals surface area contributed by atoms with E-state index in [-0.39, 0.29) is 0 Å². The number of nitrogens with one attached hydrogen (secondary N) is 2. The van der Waals surface area contributed by atoms with Gasteiger partial charge in [-0.3, -0.25) is 0 Å². The van der Waals surface area contributed by atoms with Crippen LogP contribution in [0.1, 0.15) is 29.3 Å². The molecule has 0 spiro atoms. The van der Waals surface area contributed by atoms with Gasteiger partial charge in [-0.1, -0.05) is 30.3 Å². The van der Waals surface area contributed by atoms with E-state index in [1.165, 1.54) is 40.6 Å².